The van der Waals surface area contributed by atoms with Crippen LogP contribution in [0, 0.1) is 45.3 Å². The summed E-state index contributed by atoms with van der Waals surface area (Å²) in [6.45, 7) is 0. The van der Waals surface area contributed by atoms with E-state index in [-0.39, 0.29) is 0 Å². The number of rotatable bonds is 4. The molecule has 0 fully saturated rings. The average molecular weight is 419 g/mol. The number of hydrogen-bond acceptors (Lipinski definition) is 4. The van der Waals surface area contributed by atoms with E-state index in [4.69, 9.17) is 0 Å². The summed E-state index contributed by atoms with van der Waals surface area (Å²) in [6, 6.07) is 38.6. The minimum Gasteiger partial charge on any atom is -0.195 e. The Morgan fingerprint density at radius 2 is 0.515 bits per heavy atom. The molecule has 0 unspecified atom stereocenters. The summed E-state index contributed by atoms with van der Waals surface area (Å²) in [5.41, 5.74) is 6.15. The number of benzene rings is 4. The minimum atomic E-state index is -1.74. The maximum atomic E-state index is 9.32. The molecule has 33 heavy (non-hydrogen) atoms. The highest BCUT2D eigenvalue weighted by Gasteiger charge is 2.31. The van der Waals surface area contributed by atoms with Gasteiger partial charge in [0.05, 0.1) is 46.5 Å². The topological polar surface area (TPSA) is 95.2 Å². The van der Waals surface area contributed by atoms with Crippen molar-refractivity contribution in [2.45, 2.75) is 0 Å². The van der Waals surface area contributed by atoms with Crippen LogP contribution >= 0.6 is 0 Å². The van der Waals surface area contributed by atoms with Crippen LogP contribution in [0.1, 0.15) is 22.3 Å². The third kappa shape index (κ3) is 3.73. The molecule has 0 atom stereocenters. The monoisotopic (exact) mass is 419 g/mol. The summed E-state index contributed by atoms with van der Waals surface area (Å²) in [4.78, 5) is 0. The third-order valence-corrected chi connectivity index (χ3v) is 6.16. The highest BCUT2D eigenvalue weighted by Crippen LogP contribution is 2.12. The van der Waals surface area contributed by atoms with Crippen molar-refractivity contribution >= 4 is 28.0 Å². The fourth-order valence-corrected chi connectivity index (χ4v) is 4.54. The molecule has 0 aromatic heterocycles. The predicted octanol–water partition coefficient (Wildman–Crippen LogP) is 2.55. The first-order chi connectivity index (χ1) is 16.1. The molecule has 0 saturated carbocycles. The lowest BCUT2D eigenvalue weighted by atomic mass is 9.13. The highest BCUT2D eigenvalue weighted by molar-refractivity contribution is 7.19. The van der Waals surface area contributed by atoms with Crippen molar-refractivity contribution in [1.82, 2.24) is 0 Å². The van der Waals surface area contributed by atoms with Gasteiger partial charge in [-0.15, -0.1) is 0 Å². The molecule has 152 valence electrons. The zero-order chi connectivity index (χ0) is 23.3. The summed E-state index contributed by atoms with van der Waals surface area (Å²) in [5.74, 6) is 0. The Labute approximate surface area is 192 Å². The van der Waals surface area contributed by atoms with Crippen LogP contribution in [-0.2, 0) is 0 Å². The van der Waals surface area contributed by atoms with E-state index in [9.17, 15) is 21.0 Å². The molecule has 0 aliphatic rings. The lowest BCUT2D eigenvalue weighted by Gasteiger charge is -2.44. The summed E-state index contributed by atoms with van der Waals surface area (Å²) in [5, 5.41) is 37.3. The van der Waals surface area contributed by atoms with Crippen LogP contribution in [0.2, 0.25) is 0 Å². The van der Waals surface area contributed by atoms with Crippen molar-refractivity contribution in [3.63, 3.8) is 0 Å². The maximum absolute atomic E-state index is 9.32. The van der Waals surface area contributed by atoms with Gasteiger partial charge in [-0.2, -0.15) is 42.9 Å². The summed E-state index contributed by atoms with van der Waals surface area (Å²) in [6.07, 6.45) is -1.74. The molecule has 4 nitrogen and oxygen atoms in total. The van der Waals surface area contributed by atoms with Crippen LogP contribution in [0.15, 0.2) is 97.1 Å². The van der Waals surface area contributed by atoms with Crippen LogP contribution in [0.25, 0.3) is 0 Å². The minimum absolute atomic E-state index is 0.558. The van der Waals surface area contributed by atoms with Gasteiger partial charge >= 0.3 is 0 Å². The molecular weight excluding hydrogens is 403 g/mol. The molecule has 0 spiro atoms. The fraction of sp³-hybridized carbons (Fsp3) is 0. The number of nitrogens with zero attached hydrogens (tertiary/aromatic N) is 4. The van der Waals surface area contributed by atoms with E-state index in [0.717, 1.165) is 21.9 Å². The lowest BCUT2D eigenvalue weighted by molar-refractivity contribution is 1.48. The largest absolute Gasteiger partial charge is 0.195 e. The second kappa shape index (κ2) is 8.95. The molecule has 4 rings (SSSR count). The Morgan fingerprint density at radius 1 is 0.333 bits per heavy atom. The van der Waals surface area contributed by atoms with Gasteiger partial charge < -0.3 is 0 Å². The molecule has 0 heterocycles. The maximum Gasteiger partial charge on any atom is 0.108 e. The summed E-state index contributed by atoms with van der Waals surface area (Å²) >= 11 is 0. The number of nitriles is 4. The van der Waals surface area contributed by atoms with Crippen molar-refractivity contribution in [2.75, 3.05) is 0 Å². The highest BCUT2D eigenvalue weighted by atomic mass is 14.2. The quantitative estimate of drug-likeness (QED) is 0.475. The van der Waals surface area contributed by atoms with Gasteiger partial charge in [-0.3, -0.25) is 0 Å². The second-order valence-electron chi connectivity index (χ2n) is 7.80. The molecule has 4 aromatic carbocycles. The van der Waals surface area contributed by atoms with Gasteiger partial charge in [0.25, 0.3) is 0 Å². The second-order valence-corrected chi connectivity index (χ2v) is 7.80. The third-order valence-electron chi connectivity index (χ3n) is 6.16. The normalized spacial score (nSPS) is 10.3. The van der Waals surface area contributed by atoms with Gasteiger partial charge in [0, 0.05) is 0 Å². The van der Waals surface area contributed by atoms with Crippen LogP contribution in [0.5, 0.6) is 0 Å². The molecule has 0 N–H and O–H groups in total. The van der Waals surface area contributed by atoms with E-state index < -0.39 is 6.15 Å². The molecule has 0 aliphatic carbocycles. The Bertz CT molecular complexity index is 1220. The molecular formula is C28H16BN4-. The SMILES string of the molecule is N#Cc1ccc([B-](c2ccc(C#N)cc2)(c2ccc(C#N)cc2)c2ccc(C#N)cc2)cc1. The Hall–Kier alpha value is -5.10. The van der Waals surface area contributed by atoms with Crippen molar-refractivity contribution in [3.05, 3.63) is 119 Å². The van der Waals surface area contributed by atoms with Gasteiger partial charge in [-0.1, -0.05) is 48.5 Å². The smallest absolute Gasteiger partial charge is 0.108 e. The van der Waals surface area contributed by atoms with Crippen molar-refractivity contribution in [2.24, 2.45) is 0 Å². The molecule has 0 bridgehead atoms. The average Bonchev–Trinajstić information content (AvgIpc) is 2.90. The zero-order valence-electron chi connectivity index (χ0n) is 17.6. The molecule has 0 saturated heterocycles. The van der Waals surface area contributed by atoms with Crippen LogP contribution in [0.4, 0.5) is 0 Å². The lowest BCUT2D eigenvalue weighted by Crippen LogP contribution is -2.74. The molecule has 4 aromatic rings. The summed E-state index contributed by atoms with van der Waals surface area (Å²) in [7, 11) is 0. The van der Waals surface area contributed by atoms with Crippen molar-refractivity contribution in [3.8, 4) is 24.3 Å². The van der Waals surface area contributed by atoms with Crippen LogP contribution in [-0.4, -0.2) is 6.15 Å². The van der Waals surface area contributed by atoms with E-state index in [1.165, 1.54) is 0 Å². The molecule has 0 amide bonds. The Balaban J connectivity index is 2.11. The number of hydrogen-bond donors (Lipinski definition) is 0. The van der Waals surface area contributed by atoms with Crippen molar-refractivity contribution < 1.29 is 0 Å². The fourth-order valence-electron chi connectivity index (χ4n) is 4.54. The zero-order valence-corrected chi connectivity index (χ0v) is 17.6. The van der Waals surface area contributed by atoms with Gasteiger partial charge in [0.15, 0.2) is 0 Å². The predicted molar refractivity (Wildman–Crippen MR) is 129 cm³/mol. The van der Waals surface area contributed by atoms with E-state index >= 15 is 0 Å². The first kappa shape index (κ1) is 21.1. The van der Waals surface area contributed by atoms with Crippen molar-refractivity contribution in [1.29, 1.82) is 21.0 Å². The molecule has 0 aliphatic heterocycles. The van der Waals surface area contributed by atoms with Crippen LogP contribution in [0.3, 0.4) is 0 Å². The summed E-state index contributed by atoms with van der Waals surface area (Å²) < 4.78 is 0. The van der Waals surface area contributed by atoms with Crippen LogP contribution < -0.4 is 21.9 Å². The van der Waals surface area contributed by atoms with Gasteiger partial charge in [-0.25, -0.2) is 0 Å². The Morgan fingerprint density at radius 3 is 0.667 bits per heavy atom. The first-order valence-electron chi connectivity index (χ1n) is 10.3. The van der Waals surface area contributed by atoms with E-state index in [1.54, 1.807) is 48.5 Å². The standard InChI is InChI=1S/C28H16BN4/c30-17-21-1-9-25(10-2-21)29(26-11-3-22(18-31)4-12-26,27-13-5-23(19-32)6-14-27)28-15-7-24(20-33)8-16-28/h1-16H/q-1. The molecule has 5 heteroatoms. The van der Waals surface area contributed by atoms with Gasteiger partial charge in [-0.05, 0) is 48.5 Å². The van der Waals surface area contributed by atoms with E-state index in [2.05, 4.69) is 24.3 Å². The first-order valence-corrected chi connectivity index (χ1v) is 10.3. The molecule has 0 radical (unpaired) electrons. The van der Waals surface area contributed by atoms with Gasteiger partial charge in [0.1, 0.15) is 6.15 Å². The Kier molecular flexibility index (Phi) is 5.74. The van der Waals surface area contributed by atoms with E-state index in [0.29, 0.717) is 22.3 Å². The van der Waals surface area contributed by atoms with E-state index in [1.807, 2.05) is 48.5 Å². The van der Waals surface area contributed by atoms with Gasteiger partial charge in [0.2, 0.25) is 0 Å².